The average molecular weight is 309 g/mol. The molecule has 1 saturated carbocycles. The molecular weight excluding hydrogens is 282 g/mol. The summed E-state index contributed by atoms with van der Waals surface area (Å²) in [5, 5.41) is 6.50. The molecule has 1 fully saturated rings. The Morgan fingerprint density at radius 2 is 2.33 bits per heavy atom. The van der Waals surface area contributed by atoms with Crippen LogP contribution in [0.1, 0.15) is 59.1 Å². The fourth-order valence-corrected chi connectivity index (χ4v) is 4.05. The number of nitrogens with zero attached hydrogens (tertiary/aromatic N) is 2. The van der Waals surface area contributed by atoms with Gasteiger partial charge in [0, 0.05) is 31.4 Å². The van der Waals surface area contributed by atoms with Gasteiger partial charge in [0.05, 0.1) is 5.69 Å². The minimum Gasteiger partial charge on any atom is -0.308 e. The van der Waals surface area contributed by atoms with Gasteiger partial charge in [-0.05, 0) is 31.6 Å². The van der Waals surface area contributed by atoms with Crippen molar-refractivity contribution in [3.05, 3.63) is 11.1 Å². The summed E-state index contributed by atoms with van der Waals surface area (Å²) in [7, 11) is 0. The normalized spacial score (nSPS) is 21.2. The first kappa shape index (κ1) is 16.4. The van der Waals surface area contributed by atoms with Crippen LogP contribution < -0.4 is 10.2 Å². The number of carbonyl (C=O) groups excluding carboxylic acids is 1. The van der Waals surface area contributed by atoms with Crippen LogP contribution in [0.3, 0.4) is 0 Å². The number of anilines is 1. The summed E-state index contributed by atoms with van der Waals surface area (Å²) < 4.78 is 0. The highest BCUT2D eigenvalue weighted by Gasteiger charge is 2.27. The van der Waals surface area contributed by atoms with Crippen LogP contribution in [0, 0.1) is 5.41 Å². The molecule has 1 aromatic heterocycles. The zero-order valence-electron chi connectivity index (χ0n) is 13.6. The van der Waals surface area contributed by atoms with Gasteiger partial charge in [0.15, 0.2) is 5.13 Å². The predicted molar refractivity (Wildman–Crippen MR) is 88.7 cm³/mol. The first-order valence-electron chi connectivity index (χ1n) is 7.87. The minimum absolute atomic E-state index is 0.0559. The molecule has 5 heteroatoms. The Kier molecular flexibility index (Phi) is 5.38. The van der Waals surface area contributed by atoms with E-state index in [9.17, 15) is 4.79 Å². The lowest BCUT2D eigenvalue weighted by atomic mass is 9.75. The van der Waals surface area contributed by atoms with Gasteiger partial charge in [0.25, 0.3) is 0 Å². The van der Waals surface area contributed by atoms with Gasteiger partial charge in [0.2, 0.25) is 5.91 Å². The highest BCUT2D eigenvalue weighted by molar-refractivity contribution is 7.14. The summed E-state index contributed by atoms with van der Waals surface area (Å²) in [6.07, 6.45) is 5.13. The number of nitrogens with one attached hydrogen (secondary N) is 1. The quantitative estimate of drug-likeness (QED) is 0.904. The number of thiazole rings is 1. The van der Waals surface area contributed by atoms with Crippen LogP contribution >= 0.6 is 11.3 Å². The molecule has 1 aliphatic rings. The second-order valence-corrected chi connectivity index (χ2v) is 7.56. The highest BCUT2D eigenvalue weighted by Crippen LogP contribution is 2.35. The smallest absolute Gasteiger partial charge is 0.225 e. The largest absolute Gasteiger partial charge is 0.308 e. The Hall–Kier alpha value is -0.940. The van der Waals surface area contributed by atoms with Gasteiger partial charge in [-0.2, -0.15) is 0 Å². The predicted octanol–water partition coefficient (Wildman–Crippen LogP) is 3.57. The van der Waals surface area contributed by atoms with Crippen molar-refractivity contribution in [3.63, 3.8) is 0 Å². The van der Waals surface area contributed by atoms with Crippen molar-refractivity contribution in [1.82, 2.24) is 10.3 Å². The molecule has 0 spiro atoms. The first-order valence-corrected chi connectivity index (χ1v) is 8.75. The van der Waals surface area contributed by atoms with Gasteiger partial charge in [-0.25, -0.2) is 4.98 Å². The molecule has 1 atom stereocenters. The molecule has 1 aromatic rings. The Labute approximate surface area is 132 Å². The van der Waals surface area contributed by atoms with Gasteiger partial charge < -0.3 is 5.32 Å². The summed E-state index contributed by atoms with van der Waals surface area (Å²) >= 11 is 1.55. The molecule has 1 unspecified atom stereocenters. The monoisotopic (exact) mass is 309 g/mol. The van der Waals surface area contributed by atoms with Gasteiger partial charge in [-0.15, -0.1) is 11.3 Å². The van der Waals surface area contributed by atoms with Gasteiger partial charge in [0.1, 0.15) is 0 Å². The molecule has 1 aliphatic carbocycles. The van der Waals surface area contributed by atoms with Crippen molar-refractivity contribution in [2.45, 2.75) is 66.0 Å². The number of hydrogen-bond donors (Lipinski definition) is 1. The summed E-state index contributed by atoms with van der Waals surface area (Å²) in [6, 6.07) is 0.592. The Balaban J connectivity index is 1.89. The maximum atomic E-state index is 11.5. The van der Waals surface area contributed by atoms with E-state index in [-0.39, 0.29) is 5.91 Å². The second kappa shape index (κ2) is 6.88. The fraction of sp³-hybridized carbons (Fsp3) is 0.750. The lowest BCUT2D eigenvalue weighted by molar-refractivity contribution is -0.116. The van der Waals surface area contributed by atoms with Crippen molar-refractivity contribution in [2.24, 2.45) is 5.41 Å². The minimum atomic E-state index is 0.0559. The lowest BCUT2D eigenvalue weighted by Gasteiger charge is -2.35. The van der Waals surface area contributed by atoms with Crippen molar-refractivity contribution >= 4 is 22.4 Å². The van der Waals surface area contributed by atoms with E-state index < -0.39 is 0 Å². The van der Waals surface area contributed by atoms with Crippen molar-refractivity contribution in [1.29, 1.82) is 0 Å². The van der Waals surface area contributed by atoms with E-state index in [1.807, 2.05) is 6.92 Å². The molecule has 1 amide bonds. The first-order chi connectivity index (χ1) is 9.91. The zero-order chi connectivity index (χ0) is 15.5. The van der Waals surface area contributed by atoms with Crippen LogP contribution in [0.5, 0.6) is 0 Å². The topological polar surface area (TPSA) is 45.2 Å². The Morgan fingerprint density at radius 1 is 1.57 bits per heavy atom. The maximum absolute atomic E-state index is 11.5. The summed E-state index contributed by atoms with van der Waals surface area (Å²) in [6.45, 7) is 9.75. The average Bonchev–Trinajstić information content (AvgIpc) is 2.84. The second-order valence-electron chi connectivity index (χ2n) is 6.72. The van der Waals surface area contributed by atoms with Crippen LogP contribution in [0.4, 0.5) is 5.13 Å². The van der Waals surface area contributed by atoms with Crippen LogP contribution in [-0.4, -0.2) is 23.5 Å². The van der Waals surface area contributed by atoms with Crippen LogP contribution in [-0.2, 0) is 11.3 Å². The van der Waals surface area contributed by atoms with Crippen molar-refractivity contribution in [3.8, 4) is 0 Å². The SMILES string of the molecule is CCN(C(C)=O)c1nc(CNC2CCCC(C)(C)C2)cs1. The third kappa shape index (κ3) is 4.51. The molecular formula is C16H27N3OS. The number of carbonyl (C=O) groups is 1. The van der Waals surface area contributed by atoms with Crippen LogP contribution in [0.15, 0.2) is 5.38 Å². The molecule has 0 aromatic carbocycles. The summed E-state index contributed by atoms with van der Waals surface area (Å²) in [4.78, 5) is 17.8. The molecule has 2 rings (SSSR count). The number of hydrogen-bond acceptors (Lipinski definition) is 4. The molecule has 0 saturated heterocycles. The third-order valence-corrected chi connectivity index (χ3v) is 5.16. The molecule has 0 bridgehead atoms. The van der Waals surface area contributed by atoms with E-state index in [1.54, 1.807) is 23.2 Å². The van der Waals surface area contributed by atoms with E-state index in [4.69, 9.17) is 0 Å². The molecule has 0 radical (unpaired) electrons. The molecule has 1 N–H and O–H groups in total. The highest BCUT2D eigenvalue weighted by atomic mass is 32.1. The zero-order valence-corrected chi connectivity index (χ0v) is 14.4. The molecule has 1 heterocycles. The number of rotatable bonds is 5. The lowest BCUT2D eigenvalue weighted by Crippen LogP contribution is -2.37. The van der Waals surface area contributed by atoms with Crippen molar-refractivity contribution < 1.29 is 4.79 Å². The Bertz CT molecular complexity index is 484. The van der Waals surface area contributed by atoms with Crippen LogP contribution in [0.25, 0.3) is 0 Å². The van der Waals surface area contributed by atoms with Gasteiger partial charge in [-0.3, -0.25) is 9.69 Å². The van der Waals surface area contributed by atoms with Crippen molar-refractivity contribution in [2.75, 3.05) is 11.4 Å². The summed E-state index contributed by atoms with van der Waals surface area (Å²) in [5.74, 6) is 0.0559. The Morgan fingerprint density at radius 3 is 2.95 bits per heavy atom. The molecule has 0 aliphatic heterocycles. The molecule has 4 nitrogen and oxygen atoms in total. The van der Waals surface area contributed by atoms with E-state index in [0.29, 0.717) is 18.0 Å². The number of amides is 1. The van der Waals surface area contributed by atoms with Gasteiger partial charge in [-0.1, -0.05) is 20.3 Å². The third-order valence-electron chi connectivity index (χ3n) is 4.24. The van der Waals surface area contributed by atoms with E-state index in [0.717, 1.165) is 17.4 Å². The van der Waals surface area contributed by atoms with Crippen LogP contribution in [0.2, 0.25) is 0 Å². The maximum Gasteiger partial charge on any atom is 0.225 e. The van der Waals surface area contributed by atoms with E-state index >= 15 is 0 Å². The standard InChI is InChI=1S/C16H27N3OS/c1-5-19(12(2)20)15-18-14(11-21-15)10-17-13-7-6-8-16(3,4)9-13/h11,13,17H,5-10H2,1-4H3. The van der Waals surface area contributed by atoms with E-state index in [2.05, 4.69) is 29.5 Å². The fourth-order valence-electron chi connectivity index (χ4n) is 3.12. The molecule has 118 valence electrons. The van der Waals surface area contributed by atoms with Gasteiger partial charge >= 0.3 is 0 Å². The number of aromatic nitrogens is 1. The van der Waals surface area contributed by atoms with E-state index in [1.165, 1.54) is 25.7 Å². The molecule has 21 heavy (non-hydrogen) atoms. The summed E-state index contributed by atoms with van der Waals surface area (Å²) in [5.41, 5.74) is 1.50.